The van der Waals surface area contributed by atoms with Crippen molar-refractivity contribution >= 4 is 15.9 Å². The van der Waals surface area contributed by atoms with E-state index in [9.17, 15) is 0 Å². The molecule has 1 N–H and O–H groups in total. The molecule has 1 aromatic carbocycles. The molecule has 2 aromatic rings. The van der Waals surface area contributed by atoms with Crippen molar-refractivity contribution in [1.82, 2.24) is 15.3 Å². The minimum absolute atomic E-state index is 0.304. The molecule has 0 fully saturated rings. The van der Waals surface area contributed by atoms with Gasteiger partial charge in [0.25, 0.3) is 0 Å². The molecule has 0 saturated heterocycles. The molecular formula is C16H20BrN3O. The summed E-state index contributed by atoms with van der Waals surface area (Å²) >= 11 is 3.53. The summed E-state index contributed by atoms with van der Waals surface area (Å²) in [7, 11) is 1.90. The Hall–Kier alpha value is -1.46. The lowest BCUT2D eigenvalue weighted by atomic mass is 10.2. The Kier molecular flexibility index (Phi) is 5.70. The third-order valence-electron chi connectivity index (χ3n) is 3.05. The highest BCUT2D eigenvalue weighted by molar-refractivity contribution is 9.10. The number of nitrogens with zero attached hydrogens (tertiary/aromatic N) is 2. The van der Waals surface area contributed by atoms with Crippen molar-refractivity contribution in [3.8, 4) is 5.75 Å². The van der Waals surface area contributed by atoms with Crippen LogP contribution in [0.2, 0.25) is 0 Å². The van der Waals surface area contributed by atoms with Crippen LogP contribution in [-0.4, -0.2) is 17.0 Å². The van der Waals surface area contributed by atoms with Crippen LogP contribution in [0.3, 0.4) is 0 Å². The summed E-state index contributed by atoms with van der Waals surface area (Å²) in [5, 5.41) is 3.12. The van der Waals surface area contributed by atoms with E-state index in [1.807, 2.05) is 31.3 Å². The molecule has 4 nitrogen and oxygen atoms in total. The average molecular weight is 350 g/mol. The molecule has 0 aliphatic heterocycles. The largest absolute Gasteiger partial charge is 0.485 e. The first-order chi connectivity index (χ1) is 10.1. The number of nitrogens with one attached hydrogen (secondary N) is 1. The number of ether oxygens (including phenoxy) is 1. The van der Waals surface area contributed by atoms with Gasteiger partial charge in [0.15, 0.2) is 5.75 Å². The van der Waals surface area contributed by atoms with Crippen molar-refractivity contribution in [1.29, 1.82) is 0 Å². The topological polar surface area (TPSA) is 47.0 Å². The third kappa shape index (κ3) is 4.25. The zero-order valence-electron chi connectivity index (χ0n) is 12.6. The van der Waals surface area contributed by atoms with Crippen LogP contribution in [0.1, 0.15) is 36.8 Å². The van der Waals surface area contributed by atoms with Gasteiger partial charge in [0, 0.05) is 22.5 Å². The number of halogens is 1. The molecule has 0 saturated carbocycles. The maximum atomic E-state index is 5.90. The normalized spacial score (nSPS) is 10.9. The minimum atomic E-state index is 0.304. The van der Waals surface area contributed by atoms with E-state index < -0.39 is 0 Å². The van der Waals surface area contributed by atoms with Crippen LogP contribution in [0, 0.1) is 0 Å². The Bertz CT molecular complexity index is 602. The van der Waals surface area contributed by atoms with Crippen LogP contribution in [0.5, 0.6) is 5.75 Å². The van der Waals surface area contributed by atoms with Gasteiger partial charge in [0.2, 0.25) is 0 Å². The molecule has 2 rings (SSSR count). The molecule has 0 bridgehead atoms. The number of rotatable bonds is 6. The van der Waals surface area contributed by atoms with Crippen molar-refractivity contribution in [2.24, 2.45) is 0 Å². The maximum absolute atomic E-state index is 5.90. The Morgan fingerprint density at radius 1 is 1.29 bits per heavy atom. The summed E-state index contributed by atoms with van der Waals surface area (Å²) in [6.45, 7) is 5.32. The third-order valence-corrected chi connectivity index (χ3v) is 3.82. The zero-order chi connectivity index (χ0) is 15.2. The predicted octanol–water partition coefficient (Wildman–Crippen LogP) is 3.66. The summed E-state index contributed by atoms with van der Waals surface area (Å²) < 4.78 is 6.94. The molecular weight excluding hydrogens is 330 g/mol. The second-order valence-corrected chi connectivity index (χ2v) is 5.96. The van der Waals surface area contributed by atoms with Crippen molar-refractivity contribution in [2.45, 2.75) is 32.9 Å². The molecule has 1 aromatic heterocycles. The molecule has 5 heteroatoms. The van der Waals surface area contributed by atoms with E-state index in [0.29, 0.717) is 19.1 Å². The fraction of sp³-hybridized carbons (Fsp3) is 0.375. The number of benzene rings is 1. The van der Waals surface area contributed by atoms with Gasteiger partial charge < -0.3 is 10.1 Å². The predicted molar refractivity (Wildman–Crippen MR) is 87.4 cm³/mol. The van der Waals surface area contributed by atoms with Crippen molar-refractivity contribution in [2.75, 3.05) is 7.05 Å². The van der Waals surface area contributed by atoms with Crippen LogP contribution in [-0.2, 0) is 13.2 Å². The number of aromatic nitrogens is 2. The van der Waals surface area contributed by atoms with E-state index >= 15 is 0 Å². The van der Waals surface area contributed by atoms with Gasteiger partial charge in [-0.1, -0.05) is 48.0 Å². The molecule has 0 atom stereocenters. The molecule has 1 heterocycles. The highest BCUT2D eigenvalue weighted by Gasteiger charge is 2.11. The quantitative estimate of drug-likeness (QED) is 0.864. The van der Waals surface area contributed by atoms with Gasteiger partial charge in [-0.25, -0.2) is 9.97 Å². The maximum Gasteiger partial charge on any atom is 0.160 e. The Balaban J connectivity index is 2.17. The zero-order valence-corrected chi connectivity index (χ0v) is 14.1. The van der Waals surface area contributed by atoms with E-state index in [1.54, 1.807) is 6.20 Å². The van der Waals surface area contributed by atoms with Gasteiger partial charge >= 0.3 is 0 Å². The molecule has 0 radical (unpaired) electrons. The molecule has 21 heavy (non-hydrogen) atoms. The number of hydrogen-bond donors (Lipinski definition) is 1. The molecule has 0 aliphatic rings. The van der Waals surface area contributed by atoms with E-state index in [4.69, 9.17) is 4.74 Å². The van der Waals surface area contributed by atoms with Crippen LogP contribution in [0.4, 0.5) is 0 Å². The van der Waals surface area contributed by atoms with E-state index in [-0.39, 0.29) is 0 Å². The van der Waals surface area contributed by atoms with E-state index in [1.165, 1.54) is 0 Å². The highest BCUT2D eigenvalue weighted by atomic mass is 79.9. The van der Waals surface area contributed by atoms with Gasteiger partial charge in [-0.05, 0) is 13.1 Å². The molecule has 0 amide bonds. The SMILES string of the molecule is CNCc1nc(C(C)C)ncc1OCc1ccccc1Br. The van der Waals surface area contributed by atoms with Crippen molar-refractivity contribution in [3.05, 3.63) is 52.0 Å². The van der Waals surface area contributed by atoms with Gasteiger partial charge in [-0.2, -0.15) is 0 Å². The first kappa shape index (κ1) is 15.9. The van der Waals surface area contributed by atoms with E-state index in [2.05, 4.69) is 45.1 Å². The smallest absolute Gasteiger partial charge is 0.160 e. The summed E-state index contributed by atoms with van der Waals surface area (Å²) in [5.74, 6) is 1.87. The van der Waals surface area contributed by atoms with Gasteiger partial charge in [0.1, 0.15) is 12.4 Å². The Labute approximate surface area is 134 Å². The molecule has 0 unspecified atom stereocenters. The van der Waals surface area contributed by atoms with Gasteiger partial charge in [0.05, 0.1) is 11.9 Å². The highest BCUT2D eigenvalue weighted by Crippen LogP contribution is 2.22. The summed E-state index contributed by atoms with van der Waals surface area (Å²) in [5.41, 5.74) is 1.99. The first-order valence-electron chi connectivity index (χ1n) is 6.98. The monoisotopic (exact) mass is 349 g/mol. The van der Waals surface area contributed by atoms with Crippen molar-refractivity contribution < 1.29 is 4.74 Å². The van der Waals surface area contributed by atoms with Crippen LogP contribution < -0.4 is 10.1 Å². The van der Waals surface area contributed by atoms with Crippen LogP contribution in [0.25, 0.3) is 0 Å². The number of hydrogen-bond acceptors (Lipinski definition) is 4. The first-order valence-corrected chi connectivity index (χ1v) is 7.77. The van der Waals surface area contributed by atoms with Crippen LogP contribution >= 0.6 is 15.9 Å². The minimum Gasteiger partial charge on any atom is -0.485 e. The lowest BCUT2D eigenvalue weighted by Crippen LogP contribution is -2.12. The van der Waals surface area contributed by atoms with E-state index in [0.717, 1.165) is 27.3 Å². The average Bonchev–Trinajstić information content (AvgIpc) is 2.47. The van der Waals surface area contributed by atoms with Gasteiger partial charge in [-0.15, -0.1) is 0 Å². The fourth-order valence-corrected chi connectivity index (χ4v) is 2.28. The standard InChI is InChI=1S/C16H20BrN3O/c1-11(2)16-19-9-15(14(20-16)8-18-3)21-10-12-6-4-5-7-13(12)17/h4-7,9,11,18H,8,10H2,1-3H3. The van der Waals surface area contributed by atoms with Crippen LogP contribution in [0.15, 0.2) is 34.9 Å². The molecule has 112 valence electrons. The fourth-order valence-electron chi connectivity index (χ4n) is 1.89. The molecule has 0 spiro atoms. The lowest BCUT2D eigenvalue weighted by molar-refractivity contribution is 0.297. The second kappa shape index (κ2) is 7.52. The lowest BCUT2D eigenvalue weighted by Gasteiger charge is -2.13. The Morgan fingerprint density at radius 2 is 2.05 bits per heavy atom. The van der Waals surface area contributed by atoms with Gasteiger partial charge in [-0.3, -0.25) is 0 Å². The molecule has 0 aliphatic carbocycles. The Morgan fingerprint density at radius 3 is 2.71 bits per heavy atom. The van der Waals surface area contributed by atoms with Crippen molar-refractivity contribution in [3.63, 3.8) is 0 Å². The summed E-state index contributed by atoms with van der Waals surface area (Å²) in [6.07, 6.45) is 1.77. The summed E-state index contributed by atoms with van der Waals surface area (Å²) in [6, 6.07) is 8.02. The summed E-state index contributed by atoms with van der Waals surface area (Å²) in [4.78, 5) is 8.97. The second-order valence-electron chi connectivity index (χ2n) is 5.10.